The average Bonchev–Trinajstić information content (AvgIpc) is 3.59. The molecule has 6 heteroatoms. The largest absolute Gasteiger partial charge is 0.344 e. The van der Waals surface area contributed by atoms with Crippen LogP contribution in [0, 0.1) is 11.3 Å². The topological polar surface area (TPSA) is 67.0 Å². The Bertz CT molecular complexity index is 3290. The van der Waals surface area contributed by atoms with Crippen molar-refractivity contribution in [2.24, 2.45) is 9.98 Å². The summed E-state index contributed by atoms with van der Waals surface area (Å²) >= 11 is 0. The molecule has 1 unspecified atom stereocenters. The number of hydrogen-bond donors (Lipinski definition) is 1. The van der Waals surface area contributed by atoms with Crippen molar-refractivity contribution in [3.63, 3.8) is 0 Å². The predicted octanol–water partition coefficient (Wildman–Crippen LogP) is 14.7. The summed E-state index contributed by atoms with van der Waals surface area (Å²) in [5, 5.41) is 15.3. The van der Waals surface area contributed by atoms with Gasteiger partial charge in [-0.2, -0.15) is 5.26 Å². The van der Waals surface area contributed by atoms with Crippen LogP contribution in [0.25, 0.3) is 5.57 Å². The maximum absolute atomic E-state index is 11.5. The first-order valence-corrected chi connectivity index (χ1v) is 23.6. The Morgan fingerprint density at radius 1 is 0.522 bits per heavy atom. The van der Waals surface area contributed by atoms with Gasteiger partial charge in [0.05, 0.1) is 39.7 Å². The number of nitrogens with zero attached hydrogens (tertiary/aromatic N) is 5. The molecule has 3 heterocycles. The molecule has 3 aliphatic heterocycles. The maximum atomic E-state index is 11.5. The van der Waals surface area contributed by atoms with Gasteiger partial charge in [-0.15, -0.1) is 0 Å². The number of amidine groups is 2. The fourth-order valence-corrected chi connectivity index (χ4v) is 11.7. The Hall–Kier alpha value is -7.75. The quantitative estimate of drug-likeness (QED) is 0.187. The zero-order valence-corrected chi connectivity index (χ0v) is 38.9. The third-order valence-electron chi connectivity index (χ3n) is 15.2. The van der Waals surface area contributed by atoms with Crippen LogP contribution in [0.4, 0.5) is 34.1 Å². The van der Waals surface area contributed by atoms with E-state index >= 15 is 0 Å². The number of hydrogen-bond acceptors (Lipinski definition) is 6. The van der Waals surface area contributed by atoms with Crippen LogP contribution in [0.15, 0.2) is 185 Å². The minimum atomic E-state index is -0.463. The second-order valence-corrected chi connectivity index (χ2v) is 20.1. The van der Waals surface area contributed by atoms with Crippen molar-refractivity contribution in [3.8, 4) is 6.07 Å². The zero-order valence-electron chi connectivity index (χ0n) is 38.9. The molecule has 326 valence electrons. The van der Waals surface area contributed by atoms with Crippen LogP contribution in [0.1, 0.15) is 116 Å². The van der Waals surface area contributed by atoms with E-state index in [-0.39, 0.29) is 16.2 Å². The molecule has 0 amide bonds. The molecule has 6 nitrogen and oxygen atoms in total. The number of rotatable bonds is 5. The van der Waals surface area contributed by atoms with E-state index in [1.807, 2.05) is 18.2 Å². The van der Waals surface area contributed by atoms with Gasteiger partial charge in [-0.1, -0.05) is 175 Å². The number of allylic oxidation sites excluding steroid dienone is 4. The summed E-state index contributed by atoms with van der Waals surface area (Å²) in [7, 11) is 0. The van der Waals surface area contributed by atoms with Gasteiger partial charge in [0.1, 0.15) is 18.1 Å². The van der Waals surface area contributed by atoms with Gasteiger partial charge in [0.25, 0.3) is 0 Å². The number of anilines is 6. The molecular formula is C61H52N6. The number of benzene rings is 7. The normalized spacial score (nSPS) is 18.8. The van der Waals surface area contributed by atoms with E-state index in [4.69, 9.17) is 9.98 Å². The van der Waals surface area contributed by atoms with E-state index in [9.17, 15) is 5.26 Å². The fourth-order valence-electron chi connectivity index (χ4n) is 11.7. The third kappa shape index (κ3) is 6.07. The van der Waals surface area contributed by atoms with E-state index in [0.717, 1.165) is 63.7 Å². The smallest absolute Gasteiger partial charge is 0.159 e. The molecule has 0 spiro atoms. The highest BCUT2D eigenvalue weighted by Crippen LogP contribution is 2.57. The Morgan fingerprint density at radius 3 is 1.61 bits per heavy atom. The van der Waals surface area contributed by atoms with Gasteiger partial charge in [-0.25, -0.2) is 9.98 Å². The van der Waals surface area contributed by atoms with Crippen LogP contribution >= 0.6 is 0 Å². The molecule has 1 N–H and O–H groups in total. The second-order valence-electron chi connectivity index (χ2n) is 20.1. The van der Waals surface area contributed by atoms with Crippen molar-refractivity contribution >= 4 is 51.4 Å². The first-order valence-electron chi connectivity index (χ1n) is 23.6. The number of fused-ring (bicyclic) bond motifs is 7. The van der Waals surface area contributed by atoms with Crippen molar-refractivity contribution in [1.29, 1.82) is 5.26 Å². The lowest BCUT2D eigenvalue weighted by Crippen LogP contribution is -2.36. The van der Waals surface area contributed by atoms with Crippen molar-refractivity contribution in [1.82, 2.24) is 5.32 Å². The van der Waals surface area contributed by atoms with Gasteiger partial charge >= 0.3 is 0 Å². The fraction of sp³-hybridized carbons (Fsp3) is 0.197. The minimum Gasteiger partial charge on any atom is -0.344 e. The number of nitriles is 1. The van der Waals surface area contributed by atoms with Gasteiger partial charge in [0.2, 0.25) is 0 Å². The molecule has 2 aliphatic carbocycles. The molecule has 0 aromatic heterocycles. The lowest BCUT2D eigenvalue weighted by atomic mass is 9.73. The summed E-state index contributed by atoms with van der Waals surface area (Å²) in [6, 6.07) is 58.9. The van der Waals surface area contributed by atoms with Crippen LogP contribution < -0.4 is 15.1 Å². The highest BCUT2D eigenvalue weighted by molar-refractivity contribution is 6.16. The molecule has 0 radical (unpaired) electrons. The minimum absolute atomic E-state index is 0.135. The first kappa shape index (κ1) is 40.7. The Morgan fingerprint density at radius 2 is 1.04 bits per heavy atom. The number of nitrogens with one attached hydrogen (secondary N) is 1. The molecule has 5 aliphatic rings. The summed E-state index contributed by atoms with van der Waals surface area (Å²) in [6.07, 6.45) is 6.52. The standard InChI is InChI=1S/C61H52N6/c1-59(2)44-23-11-10-22-41(44)42-33-32-39(35-49(42)59)57-63-56(38-20-8-7-9-21-38)64-58(65-57)43-34-40(37-62)54(66-50-28-16-12-24-45(50)60(3,4)46-25-13-17-29-51(46)66)36-55(43)67-52-30-18-14-26-47(52)61(5,6)48-27-15-19-31-53(48)67/h7-9,12-36,57H,10-11H2,1-6H3,(H,63,64,65). The molecule has 1 atom stereocenters. The molecule has 67 heavy (non-hydrogen) atoms. The molecule has 0 saturated heterocycles. The molecule has 7 aromatic carbocycles. The van der Waals surface area contributed by atoms with E-state index in [1.54, 1.807) is 0 Å². The molecule has 0 bridgehead atoms. The lowest BCUT2D eigenvalue weighted by molar-refractivity contribution is 0.631. The summed E-state index contributed by atoms with van der Waals surface area (Å²) in [5.41, 5.74) is 18.9. The second kappa shape index (κ2) is 14.9. The van der Waals surface area contributed by atoms with E-state index in [0.29, 0.717) is 17.2 Å². The van der Waals surface area contributed by atoms with Gasteiger partial charge < -0.3 is 15.1 Å². The Labute approximate surface area is 394 Å². The van der Waals surface area contributed by atoms with Crippen LogP contribution in [-0.2, 0) is 16.2 Å². The highest BCUT2D eigenvalue weighted by atomic mass is 15.2. The lowest BCUT2D eigenvalue weighted by Gasteiger charge is -2.44. The molecule has 0 fully saturated rings. The SMILES string of the molecule is CC1(C)C2=CCCC=C2c2ccc(C3N=C(c4ccccc4)N=C(c4cc(C#N)c(N5c6ccccc6C(C)(C)c6ccccc65)cc4N4c5ccccc5C(C)(C)c5ccccc54)N3)cc21. The Balaban J connectivity index is 1.12. The van der Waals surface area contributed by atoms with Crippen LogP contribution in [0.2, 0.25) is 0 Å². The van der Waals surface area contributed by atoms with Crippen molar-refractivity contribution < 1.29 is 0 Å². The van der Waals surface area contributed by atoms with E-state index in [1.165, 1.54) is 44.5 Å². The first-order chi connectivity index (χ1) is 32.5. The predicted molar refractivity (Wildman–Crippen MR) is 275 cm³/mol. The number of para-hydroxylation sites is 4. The van der Waals surface area contributed by atoms with Crippen molar-refractivity contribution in [3.05, 3.63) is 231 Å². The molecular weight excluding hydrogens is 817 g/mol. The van der Waals surface area contributed by atoms with E-state index in [2.05, 4.69) is 214 Å². The van der Waals surface area contributed by atoms with Crippen LogP contribution in [0.3, 0.4) is 0 Å². The monoisotopic (exact) mass is 868 g/mol. The summed E-state index contributed by atoms with van der Waals surface area (Å²) in [5.74, 6) is 1.28. The third-order valence-corrected chi connectivity index (χ3v) is 15.2. The zero-order chi connectivity index (χ0) is 45.8. The average molecular weight is 869 g/mol. The van der Waals surface area contributed by atoms with Gasteiger partial charge in [-0.3, -0.25) is 0 Å². The summed E-state index contributed by atoms with van der Waals surface area (Å²) in [6.45, 7) is 13.9. The van der Waals surface area contributed by atoms with Crippen LogP contribution in [0.5, 0.6) is 0 Å². The Kier molecular flexibility index (Phi) is 9.05. The molecule has 7 aromatic rings. The van der Waals surface area contributed by atoms with Gasteiger partial charge in [0, 0.05) is 27.4 Å². The van der Waals surface area contributed by atoms with Crippen LogP contribution in [-0.4, -0.2) is 11.7 Å². The maximum Gasteiger partial charge on any atom is 0.159 e. The molecule has 12 rings (SSSR count). The van der Waals surface area contributed by atoms with Gasteiger partial charge in [-0.05, 0) is 99.3 Å². The highest BCUT2D eigenvalue weighted by Gasteiger charge is 2.42. The summed E-state index contributed by atoms with van der Waals surface area (Å²) in [4.78, 5) is 15.5. The van der Waals surface area contributed by atoms with Crippen molar-refractivity contribution in [2.75, 3.05) is 9.80 Å². The molecule has 0 saturated carbocycles. The van der Waals surface area contributed by atoms with Crippen molar-refractivity contribution in [2.45, 2.75) is 76.8 Å². The van der Waals surface area contributed by atoms with E-state index < -0.39 is 6.17 Å². The van der Waals surface area contributed by atoms with Gasteiger partial charge in [0.15, 0.2) is 5.84 Å². The summed E-state index contributed by atoms with van der Waals surface area (Å²) < 4.78 is 0. The number of aliphatic imine (C=N–C) groups is 2.